The van der Waals surface area contributed by atoms with Crippen LogP contribution in [0.2, 0.25) is 0 Å². The largest absolute Gasteiger partial charge is 0.310 e. The fourth-order valence-electron chi connectivity index (χ4n) is 8.80. The number of fused-ring (bicyclic) bond motifs is 2. The highest BCUT2D eigenvalue weighted by Crippen LogP contribution is 2.52. The van der Waals surface area contributed by atoms with Gasteiger partial charge in [-0.15, -0.1) is 0 Å². The molecule has 1 aliphatic rings. The van der Waals surface area contributed by atoms with Crippen LogP contribution in [-0.2, 0) is 10.8 Å². The Labute approximate surface area is 344 Å². The third kappa shape index (κ3) is 6.77. The first-order chi connectivity index (χ1) is 28.2. The van der Waals surface area contributed by atoms with Crippen LogP contribution in [0.15, 0.2) is 206 Å². The molecule has 8 aromatic carbocycles. The normalized spacial score (nSPS) is 13.0. The number of nitrogens with zero attached hydrogens (tertiary/aromatic N) is 1. The van der Waals surface area contributed by atoms with Crippen LogP contribution in [0.3, 0.4) is 0 Å². The van der Waals surface area contributed by atoms with Crippen molar-refractivity contribution in [2.45, 2.75) is 45.4 Å². The minimum atomic E-state index is -0.224. The average Bonchev–Trinajstić information content (AvgIpc) is 3.26. The second-order valence-electron chi connectivity index (χ2n) is 17.0. The van der Waals surface area contributed by atoms with Crippen LogP contribution in [0, 0.1) is 0 Å². The summed E-state index contributed by atoms with van der Waals surface area (Å²) >= 11 is 0. The predicted molar refractivity (Wildman–Crippen MR) is 247 cm³/mol. The molecule has 1 aliphatic carbocycles. The molecule has 0 amide bonds. The van der Waals surface area contributed by atoms with Gasteiger partial charge in [-0.3, -0.25) is 0 Å². The van der Waals surface area contributed by atoms with Crippen molar-refractivity contribution in [3.8, 4) is 22.3 Å². The molecular formula is C57H49N. The molecule has 9 rings (SSSR count). The molecule has 282 valence electrons. The van der Waals surface area contributed by atoms with Gasteiger partial charge in [0.25, 0.3) is 0 Å². The molecule has 0 fully saturated rings. The third-order valence-corrected chi connectivity index (χ3v) is 11.9. The Kier molecular flexibility index (Phi) is 9.54. The van der Waals surface area contributed by atoms with E-state index in [1.54, 1.807) is 0 Å². The lowest BCUT2D eigenvalue weighted by molar-refractivity contribution is 0.590. The van der Waals surface area contributed by atoms with Crippen molar-refractivity contribution < 1.29 is 0 Å². The van der Waals surface area contributed by atoms with Crippen LogP contribution in [0.25, 0.3) is 33.4 Å². The van der Waals surface area contributed by atoms with Crippen molar-refractivity contribution in [3.05, 3.63) is 245 Å². The quantitative estimate of drug-likeness (QED) is 0.157. The predicted octanol–water partition coefficient (Wildman–Crippen LogP) is 15.4. The maximum absolute atomic E-state index is 2.47. The SMILES string of the molecule is CC(C)(C)c1ccc(N(c2ccc(-c3ccccc3)cc2)c2ccc3c(c2)C(=C(c2ccccc2)c2ccccc2)c2ccccc2C3(C)C)c(-c2ccccc2)c1. The van der Waals surface area contributed by atoms with Gasteiger partial charge in [0.05, 0.1) is 5.69 Å². The Balaban J connectivity index is 1.35. The van der Waals surface area contributed by atoms with Crippen molar-refractivity contribution in [2.75, 3.05) is 4.90 Å². The standard InChI is InChI=1S/C57H49N/c1-56(2,3)45-32-37-53(49(38-45)42-22-12-7-13-23-42)58(46-33-30-41(31-34-46)40-20-10-6-11-21-40)47-35-36-52-50(39-47)55(48-28-18-19-29-51(48)57(52,4)5)54(43-24-14-8-15-25-43)44-26-16-9-17-27-44/h6-39H,1-5H3. The fourth-order valence-corrected chi connectivity index (χ4v) is 8.80. The lowest BCUT2D eigenvalue weighted by Gasteiger charge is -2.39. The zero-order chi connectivity index (χ0) is 39.9. The van der Waals surface area contributed by atoms with Gasteiger partial charge in [-0.05, 0) is 109 Å². The number of hydrogen-bond donors (Lipinski definition) is 0. The molecule has 58 heavy (non-hydrogen) atoms. The van der Waals surface area contributed by atoms with Crippen molar-refractivity contribution in [1.29, 1.82) is 0 Å². The van der Waals surface area contributed by atoms with Crippen LogP contribution in [0.5, 0.6) is 0 Å². The van der Waals surface area contributed by atoms with Crippen molar-refractivity contribution in [3.63, 3.8) is 0 Å². The van der Waals surface area contributed by atoms with Gasteiger partial charge < -0.3 is 4.90 Å². The second-order valence-corrected chi connectivity index (χ2v) is 17.0. The lowest BCUT2D eigenvalue weighted by atomic mass is 9.65. The summed E-state index contributed by atoms with van der Waals surface area (Å²) < 4.78 is 0. The van der Waals surface area contributed by atoms with E-state index in [-0.39, 0.29) is 10.8 Å². The third-order valence-electron chi connectivity index (χ3n) is 11.9. The van der Waals surface area contributed by atoms with Gasteiger partial charge in [0.15, 0.2) is 0 Å². The van der Waals surface area contributed by atoms with Gasteiger partial charge in [0.2, 0.25) is 0 Å². The first kappa shape index (κ1) is 36.9. The zero-order valence-electron chi connectivity index (χ0n) is 34.1. The van der Waals surface area contributed by atoms with Crippen molar-refractivity contribution in [2.24, 2.45) is 0 Å². The zero-order valence-corrected chi connectivity index (χ0v) is 34.1. The van der Waals surface area contributed by atoms with E-state index in [9.17, 15) is 0 Å². The molecule has 1 heteroatoms. The molecule has 0 aliphatic heterocycles. The minimum Gasteiger partial charge on any atom is -0.310 e. The smallest absolute Gasteiger partial charge is 0.0540 e. The topological polar surface area (TPSA) is 3.24 Å². The average molecular weight is 748 g/mol. The molecule has 0 N–H and O–H groups in total. The summed E-state index contributed by atoms with van der Waals surface area (Å²) in [6.07, 6.45) is 0. The molecule has 0 aromatic heterocycles. The molecule has 0 atom stereocenters. The highest BCUT2D eigenvalue weighted by Gasteiger charge is 2.37. The second kappa shape index (κ2) is 15.0. The van der Waals surface area contributed by atoms with E-state index in [0.29, 0.717) is 0 Å². The summed E-state index contributed by atoms with van der Waals surface area (Å²) in [5, 5.41) is 0. The molecule has 8 aromatic rings. The van der Waals surface area contributed by atoms with Gasteiger partial charge in [-0.1, -0.05) is 204 Å². The molecular weight excluding hydrogens is 699 g/mol. The summed E-state index contributed by atoms with van der Waals surface area (Å²) in [6, 6.07) is 75.7. The fraction of sp³-hybridized carbons (Fsp3) is 0.123. The summed E-state index contributed by atoms with van der Waals surface area (Å²) in [7, 11) is 0. The van der Waals surface area contributed by atoms with E-state index in [4.69, 9.17) is 0 Å². The van der Waals surface area contributed by atoms with E-state index in [2.05, 4.69) is 246 Å². The molecule has 0 heterocycles. The van der Waals surface area contributed by atoms with Gasteiger partial charge >= 0.3 is 0 Å². The van der Waals surface area contributed by atoms with Crippen LogP contribution < -0.4 is 4.90 Å². The van der Waals surface area contributed by atoms with E-state index in [1.807, 2.05) is 0 Å². The van der Waals surface area contributed by atoms with E-state index in [1.165, 1.54) is 72.3 Å². The monoisotopic (exact) mass is 747 g/mol. The molecule has 1 nitrogen and oxygen atoms in total. The Bertz CT molecular complexity index is 2690. The van der Waals surface area contributed by atoms with Gasteiger partial charge in [0.1, 0.15) is 0 Å². The molecule has 0 spiro atoms. The number of benzene rings is 8. The van der Waals surface area contributed by atoms with E-state index in [0.717, 1.165) is 17.1 Å². The molecule has 0 bridgehead atoms. The Morgan fingerprint density at radius 2 is 0.914 bits per heavy atom. The number of anilines is 3. The number of rotatable bonds is 7. The van der Waals surface area contributed by atoms with Gasteiger partial charge in [0, 0.05) is 22.4 Å². The lowest BCUT2D eigenvalue weighted by Crippen LogP contribution is -2.27. The Morgan fingerprint density at radius 3 is 1.52 bits per heavy atom. The molecule has 0 saturated carbocycles. The van der Waals surface area contributed by atoms with Crippen molar-refractivity contribution >= 4 is 28.2 Å². The van der Waals surface area contributed by atoms with Crippen molar-refractivity contribution in [1.82, 2.24) is 0 Å². The first-order valence-corrected chi connectivity index (χ1v) is 20.4. The van der Waals surface area contributed by atoms with Crippen LogP contribution >= 0.6 is 0 Å². The maximum atomic E-state index is 2.47. The molecule has 0 saturated heterocycles. The summed E-state index contributed by atoms with van der Waals surface area (Å²) in [4.78, 5) is 2.47. The molecule has 0 radical (unpaired) electrons. The maximum Gasteiger partial charge on any atom is 0.0540 e. The van der Waals surface area contributed by atoms with E-state index >= 15 is 0 Å². The summed E-state index contributed by atoms with van der Waals surface area (Å²) in [6.45, 7) is 11.6. The Hall–Kier alpha value is -6.70. The molecule has 0 unspecified atom stereocenters. The Morgan fingerprint density at radius 1 is 0.414 bits per heavy atom. The first-order valence-electron chi connectivity index (χ1n) is 20.4. The van der Waals surface area contributed by atoms with Gasteiger partial charge in [-0.2, -0.15) is 0 Å². The highest BCUT2D eigenvalue weighted by molar-refractivity contribution is 6.08. The van der Waals surface area contributed by atoms with Crippen LogP contribution in [-0.4, -0.2) is 0 Å². The van der Waals surface area contributed by atoms with Gasteiger partial charge in [-0.25, -0.2) is 0 Å². The highest BCUT2D eigenvalue weighted by atomic mass is 15.1. The van der Waals surface area contributed by atoms with Crippen LogP contribution in [0.4, 0.5) is 17.1 Å². The van der Waals surface area contributed by atoms with Crippen LogP contribution in [0.1, 0.15) is 73.6 Å². The summed E-state index contributed by atoms with van der Waals surface area (Å²) in [5.74, 6) is 0. The van der Waals surface area contributed by atoms with E-state index < -0.39 is 0 Å². The minimum absolute atomic E-state index is 0.0139. The number of hydrogen-bond acceptors (Lipinski definition) is 1. The summed E-state index contributed by atoms with van der Waals surface area (Å²) in [5.41, 5.74) is 19.3.